The number of hydrogen-bond acceptors (Lipinski definition) is 1. The van der Waals surface area contributed by atoms with Gasteiger partial charge in [-0.2, -0.15) is 0 Å². The highest BCUT2D eigenvalue weighted by atomic mass is 79.9. The van der Waals surface area contributed by atoms with Crippen molar-refractivity contribution < 1.29 is 0 Å². The second-order valence-corrected chi connectivity index (χ2v) is 4.17. The lowest BCUT2D eigenvalue weighted by atomic mass is 10.1. The zero-order valence-corrected chi connectivity index (χ0v) is 9.64. The van der Waals surface area contributed by atoms with Crippen molar-refractivity contribution in [1.29, 1.82) is 0 Å². The van der Waals surface area contributed by atoms with Crippen molar-refractivity contribution in [3.8, 4) is 0 Å². The second kappa shape index (κ2) is 4.15. The fourth-order valence-corrected chi connectivity index (χ4v) is 1.85. The third kappa shape index (κ3) is 2.16. The highest BCUT2D eigenvalue weighted by Gasteiger charge is 2.03. The molecule has 0 fully saturated rings. The number of benzene rings is 1. The van der Waals surface area contributed by atoms with Crippen molar-refractivity contribution in [2.75, 3.05) is 0 Å². The maximum absolute atomic E-state index is 5.89. The van der Waals surface area contributed by atoms with E-state index in [2.05, 4.69) is 25.9 Å². The molecule has 0 saturated heterocycles. The van der Waals surface area contributed by atoms with Crippen LogP contribution in [-0.2, 0) is 6.42 Å². The molecule has 0 unspecified atom stereocenters. The lowest BCUT2D eigenvalue weighted by Gasteiger charge is -1.99. The van der Waals surface area contributed by atoms with Gasteiger partial charge in [0.1, 0.15) is 4.60 Å². The first-order chi connectivity index (χ1) is 6.75. The molecule has 14 heavy (non-hydrogen) atoms. The smallest absolute Gasteiger partial charge is 0.127 e. The molecule has 0 atom stereocenters. The molecule has 1 aromatic heterocycles. The number of H-pyrrole nitrogens is 1. The summed E-state index contributed by atoms with van der Waals surface area (Å²) in [6.45, 7) is 0. The summed E-state index contributed by atoms with van der Waals surface area (Å²) in [5, 5.41) is 0.762. The number of halogens is 2. The molecule has 1 heterocycles. The van der Waals surface area contributed by atoms with Crippen LogP contribution in [-0.4, -0.2) is 9.97 Å². The van der Waals surface area contributed by atoms with Gasteiger partial charge in [-0.05, 0) is 33.6 Å². The SMILES string of the molecule is Clc1cccc(Cc2[nH]cnc2Br)c1. The normalized spacial score (nSPS) is 10.4. The zero-order valence-electron chi connectivity index (χ0n) is 7.30. The van der Waals surface area contributed by atoms with E-state index in [1.54, 1.807) is 6.33 Å². The Balaban J connectivity index is 2.23. The molecule has 2 aromatic rings. The van der Waals surface area contributed by atoms with E-state index < -0.39 is 0 Å². The zero-order chi connectivity index (χ0) is 9.97. The predicted octanol–water partition coefficient (Wildman–Crippen LogP) is 3.42. The molecule has 1 aromatic carbocycles. The van der Waals surface area contributed by atoms with Crippen LogP contribution < -0.4 is 0 Å². The number of imidazole rings is 1. The molecule has 0 aliphatic rings. The molecule has 0 aliphatic carbocycles. The summed E-state index contributed by atoms with van der Waals surface area (Å²) in [4.78, 5) is 7.14. The first-order valence-electron chi connectivity index (χ1n) is 4.18. The third-order valence-corrected chi connectivity index (χ3v) is 2.85. The van der Waals surface area contributed by atoms with Crippen molar-refractivity contribution in [3.05, 3.63) is 51.5 Å². The Labute approximate surface area is 95.5 Å². The highest BCUT2D eigenvalue weighted by molar-refractivity contribution is 9.10. The summed E-state index contributed by atoms with van der Waals surface area (Å²) in [5.74, 6) is 0. The third-order valence-electron chi connectivity index (χ3n) is 1.94. The number of rotatable bonds is 2. The second-order valence-electron chi connectivity index (χ2n) is 2.98. The average Bonchev–Trinajstić information content (AvgIpc) is 2.52. The number of hydrogen-bond donors (Lipinski definition) is 1. The molecule has 2 nitrogen and oxygen atoms in total. The van der Waals surface area contributed by atoms with Gasteiger partial charge in [-0.15, -0.1) is 0 Å². The summed E-state index contributed by atoms with van der Waals surface area (Å²) in [6, 6.07) is 7.81. The van der Waals surface area contributed by atoms with Gasteiger partial charge in [-0.25, -0.2) is 4.98 Å². The molecule has 2 rings (SSSR count). The van der Waals surface area contributed by atoms with E-state index in [-0.39, 0.29) is 0 Å². The Morgan fingerprint density at radius 2 is 2.29 bits per heavy atom. The Morgan fingerprint density at radius 3 is 2.93 bits per heavy atom. The van der Waals surface area contributed by atoms with E-state index in [1.807, 2.05) is 24.3 Å². The fraction of sp³-hybridized carbons (Fsp3) is 0.100. The first kappa shape index (κ1) is 9.74. The minimum absolute atomic E-state index is 0.762. The Morgan fingerprint density at radius 1 is 1.43 bits per heavy atom. The van der Waals surface area contributed by atoms with E-state index in [0.29, 0.717) is 0 Å². The van der Waals surface area contributed by atoms with Crippen LogP contribution in [0.15, 0.2) is 35.2 Å². The van der Waals surface area contributed by atoms with Crippen molar-refractivity contribution in [2.24, 2.45) is 0 Å². The molecule has 0 amide bonds. The largest absolute Gasteiger partial charge is 0.347 e. The van der Waals surface area contributed by atoms with Crippen molar-refractivity contribution in [2.45, 2.75) is 6.42 Å². The maximum atomic E-state index is 5.89. The van der Waals surface area contributed by atoms with Gasteiger partial charge in [0.2, 0.25) is 0 Å². The molecule has 0 radical (unpaired) electrons. The van der Waals surface area contributed by atoms with E-state index in [0.717, 1.165) is 21.7 Å². The fourth-order valence-electron chi connectivity index (χ4n) is 1.28. The van der Waals surface area contributed by atoms with Crippen molar-refractivity contribution >= 4 is 27.5 Å². The molecule has 1 N–H and O–H groups in total. The lowest BCUT2D eigenvalue weighted by molar-refractivity contribution is 1.10. The first-order valence-corrected chi connectivity index (χ1v) is 5.35. The van der Waals surface area contributed by atoms with Crippen molar-refractivity contribution in [1.82, 2.24) is 9.97 Å². The molecular formula is C10H8BrClN2. The number of aromatic amines is 1. The van der Waals surface area contributed by atoms with Gasteiger partial charge in [0, 0.05) is 11.4 Å². The average molecular weight is 272 g/mol. The molecule has 72 valence electrons. The van der Waals surface area contributed by atoms with E-state index in [9.17, 15) is 0 Å². The Kier molecular flexibility index (Phi) is 2.89. The minimum Gasteiger partial charge on any atom is -0.347 e. The van der Waals surface area contributed by atoms with Gasteiger partial charge in [0.15, 0.2) is 0 Å². The van der Waals surface area contributed by atoms with Gasteiger partial charge < -0.3 is 4.98 Å². The Bertz CT molecular complexity index is 439. The highest BCUT2D eigenvalue weighted by Crippen LogP contribution is 2.17. The number of nitrogens with one attached hydrogen (secondary N) is 1. The van der Waals surface area contributed by atoms with Crippen molar-refractivity contribution in [3.63, 3.8) is 0 Å². The topological polar surface area (TPSA) is 28.7 Å². The van der Waals surface area contributed by atoms with Crippen LogP contribution in [0.3, 0.4) is 0 Å². The summed E-state index contributed by atoms with van der Waals surface area (Å²) in [6.07, 6.45) is 2.48. The van der Waals surface area contributed by atoms with E-state index in [4.69, 9.17) is 11.6 Å². The number of nitrogens with zero attached hydrogens (tertiary/aromatic N) is 1. The van der Waals surface area contributed by atoms with Crippen LogP contribution in [0, 0.1) is 0 Å². The standard InChI is InChI=1S/C10H8BrClN2/c11-10-9(13-6-14-10)5-7-2-1-3-8(12)4-7/h1-4,6H,5H2,(H,13,14). The van der Waals surface area contributed by atoms with Crippen LogP contribution in [0.5, 0.6) is 0 Å². The maximum Gasteiger partial charge on any atom is 0.127 e. The monoisotopic (exact) mass is 270 g/mol. The summed E-state index contributed by atoms with van der Waals surface area (Å²) < 4.78 is 0.859. The van der Waals surface area contributed by atoms with Crippen LogP contribution in [0.4, 0.5) is 0 Å². The summed E-state index contributed by atoms with van der Waals surface area (Å²) in [7, 11) is 0. The van der Waals surface area contributed by atoms with Crippen LogP contribution in [0.1, 0.15) is 11.3 Å². The van der Waals surface area contributed by atoms with Gasteiger partial charge in [-0.1, -0.05) is 23.7 Å². The molecule has 4 heteroatoms. The van der Waals surface area contributed by atoms with Gasteiger partial charge >= 0.3 is 0 Å². The van der Waals surface area contributed by atoms with Crippen LogP contribution in [0.2, 0.25) is 5.02 Å². The minimum atomic E-state index is 0.762. The van der Waals surface area contributed by atoms with E-state index >= 15 is 0 Å². The molecule has 0 aliphatic heterocycles. The molecular weight excluding hydrogens is 263 g/mol. The quantitative estimate of drug-likeness (QED) is 0.891. The predicted molar refractivity (Wildman–Crippen MR) is 60.5 cm³/mol. The van der Waals surface area contributed by atoms with Crippen LogP contribution >= 0.6 is 27.5 Å². The molecule has 0 spiro atoms. The van der Waals surface area contributed by atoms with Crippen LogP contribution in [0.25, 0.3) is 0 Å². The van der Waals surface area contributed by atoms with Gasteiger partial charge in [0.25, 0.3) is 0 Å². The molecule has 0 saturated carbocycles. The summed E-state index contributed by atoms with van der Waals surface area (Å²) in [5.41, 5.74) is 2.23. The lowest BCUT2D eigenvalue weighted by Crippen LogP contribution is -1.88. The van der Waals surface area contributed by atoms with Gasteiger partial charge in [-0.3, -0.25) is 0 Å². The Hall–Kier alpha value is -0.800. The molecule has 0 bridgehead atoms. The van der Waals surface area contributed by atoms with E-state index in [1.165, 1.54) is 5.56 Å². The number of aromatic nitrogens is 2. The van der Waals surface area contributed by atoms with Gasteiger partial charge in [0.05, 0.1) is 12.0 Å². The summed E-state index contributed by atoms with van der Waals surface area (Å²) >= 11 is 9.25.